The van der Waals surface area contributed by atoms with Crippen molar-refractivity contribution in [2.24, 2.45) is 10.9 Å². The molecule has 1 saturated heterocycles. The molecule has 4 nitrogen and oxygen atoms in total. The van der Waals surface area contributed by atoms with Crippen LogP contribution in [0.5, 0.6) is 0 Å². The molecule has 6 heteroatoms. The van der Waals surface area contributed by atoms with Gasteiger partial charge in [0.05, 0.1) is 6.04 Å². The summed E-state index contributed by atoms with van der Waals surface area (Å²) in [5.74, 6) is 0.579. The molecule has 1 fully saturated rings. The van der Waals surface area contributed by atoms with E-state index in [4.69, 9.17) is 0 Å². The van der Waals surface area contributed by atoms with Crippen molar-refractivity contribution in [3.05, 3.63) is 0 Å². The van der Waals surface area contributed by atoms with Crippen LogP contribution in [0.25, 0.3) is 0 Å². The highest BCUT2D eigenvalue weighted by Gasteiger charge is 2.26. The van der Waals surface area contributed by atoms with Crippen LogP contribution in [0.15, 0.2) is 4.99 Å². The van der Waals surface area contributed by atoms with E-state index in [0.717, 1.165) is 10.7 Å². The Hall–Kier alpha value is -0.490. The number of halogens is 1. The minimum absolute atomic E-state index is 0.150. The van der Waals surface area contributed by atoms with Crippen molar-refractivity contribution in [3.8, 4) is 0 Å². The first-order chi connectivity index (χ1) is 7.39. The topological polar surface area (TPSA) is 49.7 Å². The van der Waals surface area contributed by atoms with Crippen molar-refractivity contribution in [3.63, 3.8) is 0 Å². The van der Waals surface area contributed by atoms with Gasteiger partial charge < -0.3 is 0 Å². The van der Waals surface area contributed by atoms with Gasteiger partial charge in [0.25, 0.3) is 0 Å². The van der Waals surface area contributed by atoms with Crippen molar-refractivity contribution < 1.29 is 12.3 Å². The lowest BCUT2D eigenvalue weighted by molar-refractivity contribution is 0.307. The maximum Gasteiger partial charge on any atom is 0.374 e. The molecule has 0 amide bonds. The molecular formula is C10H19FN2O2S. The molecule has 0 atom stereocenters. The predicted octanol–water partition coefficient (Wildman–Crippen LogP) is 1.78. The predicted molar refractivity (Wildman–Crippen MR) is 62.6 cm³/mol. The molecule has 0 N–H and O–H groups in total. The van der Waals surface area contributed by atoms with E-state index in [1.54, 1.807) is 0 Å². The highest BCUT2D eigenvalue weighted by Crippen LogP contribution is 2.17. The molecule has 0 aromatic heterocycles. The second kappa shape index (κ2) is 5.72. The van der Waals surface area contributed by atoms with Crippen LogP contribution in [-0.2, 0) is 10.4 Å². The van der Waals surface area contributed by atoms with E-state index in [9.17, 15) is 12.3 Å². The average Bonchev–Trinajstić information content (AvgIpc) is 2.16. The zero-order valence-corrected chi connectivity index (χ0v) is 10.6. The fourth-order valence-corrected chi connectivity index (χ4v) is 2.28. The van der Waals surface area contributed by atoms with Gasteiger partial charge in [0, 0.05) is 13.1 Å². The van der Waals surface area contributed by atoms with E-state index >= 15 is 0 Å². The van der Waals surface area contributed by atoms with Crippen LogP contribution in [0.2, 0.25) is 0 Å². The fourth-order valence-electron chi connectivity index (χ4n) is 1.63. The largest absolute Gasteiger partial charge is 0.374 e. The second-order valence-corrected chi connectivity index (χ2v) is 5.87. The molecule has 1 aliphatic rings. The molecule has 1 rings (SSSR count). The van der Waals surface area contributed by atoms with E-state index in [-0.39, 0.29) is 19.1 Å². The van der Waals surface area contributed by atoms with Crippen molar-refractivity contribution in [2.75, 3.05) is 13.1 Å². The minimum atomic E-state index is -4.50. The van der Waals surface area contributed by atoms with Gasteiger partial charge in [-0.25, -0.2) is 0 Å². The van der Waals surface area contributed by atoms with Crippen LogP contribution in [0.4, 0.5) is 3.89 Å². The van der Waals surface area contributed by atoms with Crippen LogP contribution in [-0.4, -0.2) is 38.1 Å². The summed E-state index contributed by atoms with van der Waals surface area (Å²) in [5, 5.41) is 0. The lowest BCUT2D eigenvalue weighted by atomic mass is 10.1. The Morgan fingerprint density at radius 2 is 2.00 bits per heavy atom. The van der Waals surface area contributed by atoms with Gasteiger partial charge in [-0.15, -0.1) is 0 Å². The lowest BCUT2D eigenvalue weighted by Gasteiger charge is -2.26. The molecule has 0 aliphatic carbocycles. The van der Waals surface area contributed by atoms with Gasteiger partial charge in [-0.1, -0.05) is 17.7 Å². The molecule has 0 spiro atoms. The summed E-state index contributed by atoms with van der Waals surface area (Å²) in [6, 6.07) is 0.150. The Morgan fingerprint density at radius 1 is 1.44 bits per heavy atom. The van der Waals surface area contributed by atoms with E-state index < -0.39 is 10.4 Å². The Labute approximate surface area is 96.9 Å². The van der Waals surface area contributed by atoms with Gasteiger partial charge in [-0.2, -0.15) is 12.7 Å². The zero-order chi connectivity index (χ0) is 12.2. The van der Waals surface area contributed by atoms with Gasteiger partial charge >= 0.3 is 10.4 Å². The standard InChI is InChI=1S/C10H19FN2O2S/c1-9(2)3-6-12-10-4-7-13(8-5-10)16(11,14)15/h6,9-10H,3-5,7-8H2,1-2H3. The first kappa shape index (κ1) is 13.6. The van der Waals surface area contributed by atoms with Crippen LogP contribution < -0.4 is 0 Å². The van der Waals surface area contributed by atoms with Crippen LogP contribution in [0.1, 0.15) is 33.1 Å². The highest BCUT2D eigenvalue weighted by atomic mass is 32.3. The molecular weight excluding hydrogens is 231 g/mol. The quantitative estimate of drug-likeness (QED) is 0.564. The maximum absolute atomic E-state index is 12.6. The average molecular weight is 250 g/mol. The van der Waals surface area contributed by atoms with Crippen LogP contribution in [0, 0.1) is 5.92 Å². The highest BCUT2D eigenvalue weighted by molar-refractivity contribution is 7.83. The van der Waals surface area contributed by atoms with Gasteiger partial charge in [-0.3, -0.25) is 4.99 Å². The van der Waals surface area contributed by atoms with Gasteiger partial charge in [0.1, 0.15) is 0 Å². The summed E-state index contributed by atoms with van der Waals surface area (Å²) in [5.41, 5.74) is 0. The Balaban J connectivity index is 2.35. The Kier molecular flexibility index (Phi) is 4.86. The number of piperidine rings is 1. The lowest BCUT2D eigenvalue weighted by Crippen LogP contribution is -2.37. The summed E-state index contributed by atoms with van der Waals surface area (Å²) < 4.78 is 34.7. The molecule has 94 valence electrons. The summed E-state index contributed by atoms with van der Waals surface area (Å²) in [4.78, 5) is 4.37. The van der Waals surface area contributed by atoms with Crippen LogP contribution in [0.3, 0.4) is 0 Å². The maximum atomic E-state index is 12.6. The number of aliphatic imine (C=N–C) groups is 1. The third-order valence-corrected chi connectivity index (χ3v) is 3.61. The minimum Gasteiger partial charge on any atom is -0.294 e. The van der Waals surface area contributed by atoms with E-state index in [1.165, 1.54) is 0 Å². The SMILES string of the molecule is CC(C)CC=NC1CCN(S(=O)(=O)F)CC1. The number of rotatable bonds is 4. The van der Waals surface area contributed by atoms with Crippen molar-refractivity contribution in [1.82, 2.24) is 4.31 Å². The molecule has 16 heavy (non-hydrogen) atoms. The number of hydrogen-bond acceptors (Lipinski definition) is 3. The first-order valence-corrected chi connectivity index (χ1v) is 6.95. The molecule has 1 heterocycles. The van der Waals surface area contributed by atoms with Crippen molar-refractivity contribution in [2.45, 2.75) is 39.2 Å². The molecule has 0 aromatic carbocycles. The smallest absolute Gasteiger partial charge is 0.294 e. The zero-order valence-electron chi connectivity index (χ0n) is 9.76. The summed E-state index contributed by atoms with van der Waals surface area (Å²) >= 11 is 0. The van der Waals surface area contributed by atoms with Crippen LogP contribution >= 0.6 is 0 Å². The first-order valence-electron chi connectivity index (χ1n) is 5.61. The van der Waals surface area contributed by atoms with Gasteiger partial charge in [-0.05, 0) is 31.4 Å². The molecule has 0 radical (unpaired) electrons. The monoisotopic (exact) mass is 250 g/mol. The molecule has 0 bridgehead atoms. The fraction of sp³-hybridized carbons (Fsp3) is 0.900. The number of nitrogens with zero attached hydrogens (tertiary/aromatic N) is 2. The van der Waals surface area contributed by atoms with Gasteiger partial charge in [0.15, 0.2) is 0 Å². The normalized spacial score (nSPS) is 21.0. The second-order valence-electron chi connectivity index (χ2n) is 4.53. The molecule has 0 saturated carbocycles. The molecule has 0 unspecified atom stereocenters. The summed E-state index contributed by atoms with van der Waals surface area (Å²) in [6.07, 6.45) is 4.05. The third-order valence-electron chi connectivity index (χ3n) is 2.62. The molecule has 0 aromatic rings. The Bertz CT molecular complexity index is 333. The van der Waals surface area contributed by atoms with E-state index in [2.05, 4.69) is 18.8 Å². The van der Waals surface area contributed by atoms with E-state index in [0.29, 0.717) is 18.8 Å². The van der Waals surface area contributed by atoms with Crippen molar-refractivity contribution >= 4 is 16.6 Å². The third kappa shape index (κ3) is 4.57. The molecule has 1 aliphatic heterocycles. The van der Waals surface area contributed by atoms with Crippen molar-refractivity contribution in [1.29, 1.82) is 0 Å². The van der Waals surface area contributed by atoms with E-state index in [1.807, 2.05) is 6.21 Å². The Morgan fingerprint density at radius 3 is 2.44 bits per heavy atom. The van der Waals surface area contributed by atoms with Gasteiger partial charge in [0.2, 0.25) is 0 Å². The summed E-state index contributed by atoms with van der Waals surface area (Å²) in [7, 11) is -4.50. The summed E-state index contributed by atoms with van der Waals surface area (Å²) in [6.45, 7) is 4.71. The number of hydrogen-bond donors (Lipinski definition) is 0.